The fourth-order valence-electron chi connectivity index (χ4n) is 1.47. The van der Waals surface area contributed by atoms with Crippen LogP contribution < -0.4 is 0 Å². The summed E-state index contributed by atoms with van der Waals surface area (Å²) in [4.78, 5) is 0. The van der Waals surface area contributed by atoms with Crippen molar-refractivity contribution in [1.29, 1.82) is 0 Å². The van der Waals surface area contributed by atoms with Crippen molar-refractivity contribution in [3.05, 3.63) is 34.9 Å². The van der Waals surface area contributed by atoms with Crippen LogP contribution in [-0.4, -0.2) is 0 Å². The largest absolute Gasteiger partial charge is 0.416 e. The molecule has 0 fully saturated rings. The fraction of sp³-hybridized carbons (Fsp3) is 0.455. The molecule has 1 aromatic carbocycles. The summed E-state index contributed by atoms with van der Waals surface area (Å²) in [7, 11) is 0. The molecule has 0 nitrogen and oxygen atoms in total. The summed E-state index contributed by atoms with van der Waals surface area (Å²) in [6.45, 7) is 3.32. The van der Waals surface area contributed by atoms with Gasteiger partial charge in [0, 0.05) is 5.56 Å². The third-order valence-electron chi connectivity index (χ3n) is 2.27. The average Bonchev–Trinajstić information content (AvgIpc) is 2.15. The van der Waals surface area contributed by atoms with Gasteiger partial charge in [-0.1, -0.05) is 19.9 Å². The van der Waals surface area contributed by atoms with E-state index in [0.717, 1.165) is 12.1 Å². The molecule has 0 saturated heterocycles. The molecule has 5 heteroatoms. The summed E-state index contributed by atoms with van der Waals surface area (Å²) in [6.07, 6.45) is -7.47. The molecule has 0 aromatic heterocycles. The molecule has 0 radical (unpaired) electrons. The highest BCUT2D eigenvalue weighted by Crippen LogP contribution is 2.35. The van der Waals surface area contributed by atoms with E-state index in [4.69, 9.17) is 0 Å². The summed E-state index contributed by atoms with van der Waals surface area (Å²) in [5.74, 6) is -0.230. The molecule has 0 atom stereocenters. The minimum Gasteiger partial charge on any atom is -0.205 e. The van der Waals surface area contributed by atoms with Gasteiger partial charge in [-0.05, 0) is 23.6 Å². The van der Waals surface area contributed by atoms with Crippen molar-refractivity contribution in [3.63, 3.8) is 0 Å². The number of benzene rings is 1. The minimum atomic E-state index is -4.58. The summed E-state index contributed by atoms with van der Waals surface area (Å²) in [5, 5.41) is 0. The first-order chi connectivity index (χ1) is 7.23. The van der Waals surface area contributed by atoms with Gasteiger partial charge in [-0.25, -0.2) is 8.78 Å². The number of hydrogen-bond acceptors (Lipinski definition) is 0. The van der Waals surface area contributed by atoms with E-state index in [1.165, 1.54) is 0 Å². The van der Waals surface area contributed by atoms with Crippen molar-refractivity contribution < 1.29 is 22.0 Å². The van der Waals surface area contributed by atoms with Crippen LogP contribution in [0.4, 0.5) is 22.0 Å². The van der Waals surface area contributed by atoms with Crippen LogP contribution in [0.15, 0.2) is 18.2 Å². The molecule has 0 amide bonds. The van der Waals surface area contributed by atoms with E-state index in [1.807, 2.05) is 0 Å². The van der Waals surface area contributed by atoms with Gasteiger partial charge in [-0.3, -0.25) is 0 Å². The Morgan fingerprint density at radius 2 is 1.56 bits per heavy atom. The summed E-state index contributed by atoms with van der Waals surface area (Å²) < 4.78 is 62.1. The van der Waals surface area contributed by atoms with Crippen LogP contribution in [0.5, 0.6) is 0 Å². The van der Waals surface area contributed by atoms with Crippen LogP contribution in [0.25, 0.3) is 0 Å². The first kappa shape index (κ1) is 12.9. The number of halogens is 5. The predicted octanol–water partition coefficient (Wildman–Crippen LogP) is 4.77. The SMILES string of the molecule is CC(C)c1ccc(C(F)(F)F)cc1C(F)F. The molecule has 0 aliphatic rings. The molecule has 0 spiro atoms. The average molecular weight is 238 g/mol. The van der Waals surface area contributed by atoms with Gasteiger partial charge in [0.1, 0.15) is 0 Å². The van der Waals surface area contributed by atoms with Crippen LogP contribution in [-0.2, 0) is 6.18 Å². The molecule has 0 bridgehead atoms. The van der Waals surface area contributed by atoms with E-state index in [1.54, 1.807) is 13.8 Å². The summed E-state index contributed by atoms with van der Waals surface area (Å²) >= 11 is 0. The second kappa shape index (κ2) is 4.39. The predicted molar refractivity (Wildman–Crippen MR) is 50.5 cm³/mol. The van der Waals surface area contributed by atoms with Crippen LogP contribution in [0, 0.1) is 0 Å². The lowest BCUT2D eigenvalue weighted by molar-refractivity contribution is -0.137. The molecule has 0 unspecified atom stereocenters. The number of alkyl halides is 5. The van der Waals surface area contributed by atoms with Crippen molar-refractivity contribution >= 4 is 0 Å². The highest BCUT2D eigenvalue weighted by atomic mass is 19.4. The Morgan fingerprint density at radius 3 is 1.94 bits per heavy atom. The van der Waals surface area contributed by atoms with Gasteiger partial charge in [0.2, 0.25) is 0 Å². The van der Waals surface area contributed by atoms with Gasteiger partial charge in [-0.2, -0.15) is 13.2 Å². The quantitative estimate of drug-likeness (QED) is 0.651. The van der Waals surface area contributed by atoms with Crippen molar-refractivity contribution in [2.75, 3.05) is 0 Å². The van der Waals surface area contributed by atoms with Gasteiger partial charge in [0.15, 0.2) is 0 Å². The molecule has 0 aliphatic heterocycles. The van der Waals surface area contributed by atoms with Crippen LogP contribution in [0.1, 0.15) is 42.9 Å². The molecular formula is C11H11F5. The Kier molecular flexibility index (Phi) is 3.55. The van der Waals surface area contributed by atoms with Gasteiger partial charge in [0.05, 0.1) is 5.56 Å². The van der Waals surface area contributed by atoms with Crippen molar-refractivity contribution in [3.8, 4) is 0 Å². The molecule has 16 heavy (non-hydrogen) atoms. The second-order valence-electron chi connectivity index (χ2n) is 3.80. The molecule has 0 N–H and O–H groups in total. The Morgan fingerprint density at radius 1 is 1.00 bits per heavy atom. The highest BCUT2D eigenvalue weighted by Gasteiger charge is 2.32. The van der Waals surface area contributed by atoms with Gasteiger partial charge >= 0.3 is 6.18 Å². The van der Waals surface area contributed by atoms with E-state index in [-0.39, 0.29) is 11.5 Å². The minimum absolute atomic E-state index is 0.230. The molecular weight excluding hydrogens is 227 g/mol. The Labute approximate surface area is 90.1 Å². The second-order valence-corrected chi connectivity index (χ2v) is 3.80. The van der Waals surface area contributed by atoms with Crippen molar-refractivity contribution in [1.82, 2.24) is 0 Å². The smallest absolute Gasteiger partial charge is 0.205 e. The maximum Gasteiger partial charge on any atom is 0.416 e. The molecule has 90 valence electrons. The number of hydrogen-bond donors (Lipinski definition) is 0. The molecule has 1 rings (SSSR count). The lowest BCUT2D eigenvalue weighted by atomic mass is 9.95. The van der Waals surface area contributed by atoms with E-state index in [9.17, 15) is 22.0 Å². The molecule has 1 aromatic rings. The summed E-state index contributed by atoms with van der Waals surface area (Å²) in [6, 6.07) is 2.48. The third kappa shape index (κ3) is 2.71. The molecule has 0 saturated carbocycles. The van der Waals surface area contributed by atoms with Crippen LogP contribution >= 0.6 is 0 Å². The van der Waals surface area contributed by atoms with Gasteiger partial charge in [0.25, 0.3) is 6.43 Å². The van der Waals surface area contributed by atoms with Crippen LogP contribution in [0.2, 0.25) is 0 Å². The summed E-state index contributed by atoms with van der Waals surface area (Å²) in [5.41, 5.74) is -1.32. The van der Waals surface area contributed by atoms with E-state index < -0.39 is 23.7 Å². The maximum atomic E-state index is 12.6. The van der Waals surface area contributed by atoms with Crippen LogP contribution in [0.3, 0.4) is 0 Å². The van der Waals surface area contributed by atoms with Gasteiger partial charge in [-0.15, -0.1) is 0 Å². The normalized spacial score (nSPS) is 12.6. The lowest BCUT2D eigenvalue weighted by Crippen LogP contribution is -2.07. The fourth-order valence-corrected chi connectivity index (χ4v) is 1.47. The van der Waals surface area contributed by atoms with Crippen molar-refractivity contribution in [2.24, 2.45) is 0 Å². The standard InChI is InChI=1S/C11H11F5/c1-6(2)8-4-3-7(11(14,15)16)5-9(8)10(12)13/h3-6,10H,1-2H3. The molecule has 0 aliphatic carbocycles. The Bertz CT molecular complexity index is 365. The maximum absolute atomic E-state index is 12.6. The number of rotatable bonds is 2. The first-order valence-electron chi connectivity index (χ1n) is 4.72. The Hall–Kier alpha value is -1.13. The van der Waals surface area contributed by atoms with Crippen molar-refractivity contribution in [2.45, 2.75) is 32.4 Å². The Balaban J connectivity index is 3.29. The van der Waals surface area contributed by atoms with E-state index >= 15 is 0 Å². The third-order valence-corrected chi connectivity index (χ3v) is 2.27. The topological polar surface area (TPSA) is 0 Å². The highest BCUT2D eigenvalue weighted by molar-refractivity contribution is 5.36. The van der Waals surface area contributed by atoms with Gasteiger partial charge < -0.3 is 0 Å². The zero-order valence-corrected chi connectivity index (χ0v) is 8.78. The van der Waals surface area contributed by atoms with E-state index in [2.05, 4.69) is 0 Å². The molecule has 0 heterocycles. The lowest BCUT2D eigenvalue weighted by Gasteiger charge is -2.15. The first-order valence-corrected chi connectivity index (χ1v) is 4.72. The zero-order valence-electron chi connectivity index (χ0n) is 8.78. The van der Waals surface area contributed by atoms with E-state index in [0.29, 0.717) is 6.07 Å². The monoisotopic (exact) mass is 238 g/mol. The zero-order chi connectivity index (χ0) is 12.5.